The molecule has 0 bridgehead atoms. The van der Waals surface area contributed by atoms with E-state index in [0.717, 1.165) is 13.0 Å². The molecule has 110 valence electrons. The average Bonchev–Trinajstić information content (AvgIpc) is 2.81. The SMILES string of the molecule is CCCNC(C)C(CC)Cc1nc(C(C)(C)C)cs1. The summed E-state index contributed by atoms with van der Waals surface area (Å²) in [4.78, 5) is 4.82. The number of hydrogen-bond acceptors (Lipinski definition) is 3. The second-order valence-corrected chi connectivity index (χ2v) is 7.43. The zero-order valence-electron chi connectivity index (χ0n) is 13.4. The van der Waals surface area contributed by atoms with E-state index in [2.05, 4.69) is 52.2 Å². The molecule has 2 atom stereocenters. The second kappa shape index (κ2) is 7.39. The van der Waals surface area contributed by atoms with Gasteiger partial charge in [-0.25, -0.2) is 4.98 Å². The largest absolute Gasteiger partial charge is 0.314 e. The summed E-state index contributed by atoms with van der Waals surface area (Å²) in [6.45, 7) is 14.6. The van der Waals surface area contributed by atoms with Crippen molar-refractivity contribution in [1.29, 1.82) is 0 Å². The average molecular weight is 282 g/mol. The third-order valence-electron chi connectivity index (χ3n) is 3.70. The van der Waals surface area contributed by atoms with E-state index in [1.54, 1.807) is 0 Å². The third-order valence-corrected chi connectivity index (χ3v) is 4.58. The molecule has 0 aliphatic heterocycles. The number of thiazole rings is 1. The molecule has 1 N–H and O–H groups in total. The maximum absolute atomic E-state index is 4.82. The van der Waals surface area contributed by atoms with E-state index in [1.807, 2.05) is 11.3 Å². The molecule has 1 rings (SSSR count). The minimum absolute atomic E-state index is 0.169. The van der Waals surface area contributed by atoms with Crippen LogP contribution in [0.3, 0.4) is 0 Å². The molecular weight excluding hydrogens is 252 g/mol. The van der Waals surface area contributed by atoms with Crippen molar-refractivity contribution in [3.05, 3.63) is 16.1 Å². The van der Waals surface area contributed by atoms with Crippen molar-refractivity contribution in [2.75, 3.05) is 6.54 Å². The van der Waals surface area contributed by atoms with Gasteiger partial charge in [-0.05, 0) is 25.8 Å². The zero-order valence-corrected chi connectivity index (χ0v) is 14.2. The first kappa shape index (κ1) is 16.6. The van der Waals surface area contributed by atoms with Gasteiger partial charge in [-0.2, -0.15) is 0 Å². The van der Waals surface area contributed by atoms with Crippen LogP contribution in [0.4, 0.5) is 0 Å². The highest BCUT2D eigenvalue weighted by Gasteiger charge is 2.20. The van der Waals surface area contributed by atoms with Crippen molar-refractivity contribution < 1.29 is 0 Å². The van der Waals surface area contributed by atoms with Gasteiger partial charge in [0, 0.05) is 23.3 Å². The van der Waals surface area contributed by atoms with Gasteiger partial charge in [0.25, 0.3) is 0 Å². The van der Waals surface area contributed by atoms with E-state index in [4.69, 9.17) is 4.98 Å². The molecule has 0 saturated carbocycles. The molecule has 0 amide bonds. The van der Waals surface area contributed by atoms with Crippen molar-refractivity contribution in [3.8, 4) is 0 Å². The maximum Gasteiger partial charge on any atom is 0.0931 e. The minimum Gasteiger partial charge on any atom is -0.314 e. The zero-order chi connectivity index (χ0) is 14.5. The van der Waals surface area contributed by atoms with Gasteiger partial charge in [0.15, 0.2) is 0 Å². The van der Waals surface area contributed by atoms with E-state index in [0.29, 0.717) is 12.0 Å². The Morgan fingerprint density at radius 1 is 1.32 bits per heavy atom. The lowest BCUT2D eigenvalue weighted by Crippen LogP contribution is -2.34. The van der Waals surface area contributed by atoms with Crippen LogP contribution in [0, 0.1) is 5.92 Å². The molecule has 0 aromatic carbocycles. The Hall–Kier alpha value is -0.410. The molecule has 0 aliphatic rings. The molecule has 2 nitrogen and oxygen atoms in total. The predicted molar refractivity (Wildman–Crippen MR) is 86.1 cm³/mol. The van der Waals surface area contributed by atoms with E-state index >= 15 is 0 Å². The van der Waals surface area contributed by atoms with Gasteiger partial charge in [-0.1, -0.05) is 41.0 Å². The van der Waals surface area contributed by atoms with Crippen molar-refractivity contribution in [3.63, 3.8) is 0 Å². The molecule has 1 aromatic rings. The van der Waals surface area contributed by atoms with Crippen LogP contribution >= 0.6 is 11.3 Å². The van der Waals surface area contributed by atoms with Crippen molar-refractivity contribution in [2.24, 2.45) is 5.92 Å². The third kappa shape index (κ3) is 5.23. The Morgan fingerprint density at radius 3 is 2.47 bits per heavy atom. The summed E-state index contributed by atoms with van der Waals surface area (Å²) in [5, 5.41) is 7.14. The molecule has 1 aromatic heterocycles. The van der Waals surface area contributed by atoms with Crippen LogP contribution in [0.15, 0.2) is 5.38 Å². The smallest absolute Gasteiger partial charge is 0.0931 e. The van der Waals surface area contributed by atoms with Crippen molar-refractivity contribution in [1.82, 2.24) is 10.3 Å². The lowest BCUT2D eigenvalue weighted by Gasteiger charge is -2.23. The minimum atomic E-state index is 0.169. The van der Waals surface area contributed by atoms with Crippen LogP contribution < -0.4 is 5.32 Å². The van der Waals surface area contributed by atoms with Crippen LogP contribution in [0.5, 0.6) is 0 Å². The Kier molecular flexibility index (Phi) is 6.48. The summed E-state index contributed by atoms with van der Waals surface area (Å²) in [6, 6.07) is 0.576. The van der Waals surface area contributed by atoms with Gasteiger partial charge < -0.3 is 5.32 Å². The molecule has 0 fully saturated rings. The fraction of sp³-hybridized carbons (Fsp3) is 0.812. The van der Waals surface area contributed by atoms with Crippen LogP contribution in [0.2, 0.25) is 0 Å². The van der Waals surface area contributed by atoms with Gasteiger partial charge >= 0.3 is 0 Å². The lowest BCUT2D eigenvalue weighted by atomic mass is 9.93. The van der Waals surface area contributed by atoms with Crippen LogP contribution in [-0.4, -0.2) is 17.6 Å². The summed E-state index contributed by atoms with van der Waals surface area (Å²) >= 11 is 1.82. The fourth-order valence-electron chi connectivity index (χ4n) is 2.19. The quantitative estimate of drug-likeness (QED) is 0.802. The number of aromatic nitrogens is 1. The molecule has 0 saturated heterocycles. The standard InChI is InChI=1S/C16H30N2S/c1-7-9-17-12(3)13(8-2)10-15-18-14(11-19-15)16(4,5)6/h11-13,17H,7-10H2,1-6H3. The Labute approximate surface area is 123 Å². The predicted octanol–water partition coefficient (Wildman–Crippen LogP) is 4.40. The molecule has 0 aliphatic carbocycles. The van der Waals surface area contributed by atoms with Gasteiger partial charge in [0.05, 0.1) is 10.7 Å². The molecule has 0 spiro atoms. The van der Waals surface area contributed by atoms with Crippen LogP contribution in [0.25, 0.3) is 0 Å². The summed E-state index contributed by atoms with van der Waals surface area (Å²) in [6.07, 6.45) is 3.52. The first-order valence-electron chi connectivity index (χ1n) is 7.56. The van der Waals surface area contributed by atoms with E-state index in [9.17, 15) is 0 Å². The van der Waals surface area contributed by atoms with E-state index in [1.165, 1.54) is 23.5 Å². The van der Waals surface area contributed by atoms with Gasteiger partial charge in [0.1, 0.15) is 0 Å². The highest BCUT2D eigenvalue weighted by molar-refractivity contribution is 7.09. The first-order chi connectivity index (χ1) is 8.88. The Bertz CT molecular complexity index is 365. The van der Waals surface area contributed by atoms with Gasteiger partial charge in [-0.15, -0.1) is 11.3 Å². The number of hydrogen-bond donors (Lipinski definition) is 1. The van der Waals surface area contributed by atoms with Crippen LogP contribution in [0.1, 0.15) is 65.1 Å². The van der Waals surface area contributed by atoms with Crippen molar-refractivity contribution in [2.45, 2.75) is 72.3 Å². The fourth-order valence-corrected chi connectivity index (χ4v) is 3.30. The topological polar surface area (TPSA) is 24.9 Å². The van der Waals surface area contributed by atoms with E-state index in [-0.39, 0.29) is 5.41 Å². The molecular formula is C16H30N2S. The molecule has 19 heavy (non-hydrogen) atoms. The lowest BCUT2D eigenvalue weighted by molar-refractivity contribution is 0.361. The summed E-state index contributed by atoms with van der Waals surface area (Å²) in [5.74, 6) is 0.686. The van der Waals surface area contributed by atoms with Crippen molar-refractivity contribution >= 4 is 11.3 Å². The van der Waals surface area contributed by atoms with E-state index < -0.39 is 0 Å². The highest BCUT2D eigenvalue weighted by atomic mass is 32.1. The monoisotopic (exact) mass is 282 g/mol. The summed E-state index contributed by atoms with van der Waals surface area (Å²) in [7, 11) is 0. The van der Waals surface area contributed by atoms with Crippen LogP contribution in [-0.2, 0) is 11.8 Å². The Balaban J connectivity index is 2.63. The molecule has 3 heteroatoms. The Morgan fingerprint density at radius 2 is 2.00 bits per heavy atom. The maximum atomic E-state index is 4.82. The highest BCUT2D eigenvalue weighted by Crippen LogP contribution is 2.26. The number of rotatable bonds is 7. The summed E-state index contributed by atoms with van der Waals surface area (Å²) < 4.78 is 0. The molecule has 0 radical (unpaired) electrons. The molecule has 1 heterocycles. The summed E-state index contributed by atoms with van der Waals surface area (Å²) in [5.41, 5.74) is 1.40. The number of nitrogens with zero attached hydrogens (tertiary/aromatic N) is 1. The second-order valence-electron chi connectivity index (χ2n) is 6.49. The molecule has 2 unspecified atom stereocenters. The number of nitrogens with one attached hydrogen (secondary N) is 1. The first-order valence-corrected chi connectivity index (χ1v) is 8.44. The normalized spacial score (nSPS) is 15.5. The van der Waals surface area contributed by atoms with Gasteiger partial charge in [0.2, 0.25) is 0 Å². The van der Waals surface area contributed by atoms with Gasteiger partial charge in [-0.3, -0.25) is 0 Å².